The topological polar surface area (TPSA) is 104 Å². The molecule has 0 aliphatic rings. The third-order valence-electron chi connectivity index (χ3n) is 2.38. The highest BCUT2D eigenvalue weighted by molar-refractivity contribution is 5.63. The van der Waals surface area contributed by atoms with Crippen molar-refractivity contribution in [2.45, 2.75) is 0 Å². The van der Waals surface area contributed by atoms with Gasteiger partial charge in [0.1, 0.15) is 0 Å². The van der Waals surface area contributed by atoms with Crippen LogP contribution in [-0.4, -0.2) is 20.5 Å². The van der Waals surface area contributed by atoms with Gasteiger partial charge in [-0.1, -0.05) is 5.16 Å². The Hall–Kier alpha value is -2.91. The Balaban J connectivity index is 2.05. The molecule has 3 rings (SSSR count). The molecule has 0 unspecified atom stereocenters. The molecule has 1 aromatic carbocycles. The van der Waals surface area contributed by atoms with Gasteiger partial charge in [-0.3, -0.25) is 0 Å². The molecule has 0 fully saturated rings. The number of hydrogen-bond donors (Lipinski definition) is 1. The highest BCUT2D eigenvalue weighted by Gasteiger charge is 2.19. The Labute approximate surface area is 108 Å². The minimum Gasteiger partial charge on any atom is -0.379 e. The largest absolute Gasteiger partial charge is 0.379 e. The van der Waals surface area contributed by atoms with Crippen molar-refractivity contribution in [3.8, 4) is 23.0 Å². The molecule has 2 N–H and O–H groups in total. The Bertz CT molecular complexity index is 762. The molecule has 0 amide bonds. The number of nitrogens with two attached hydrogens (primary N) is 1. The highest BCUT2D eigenvalue weighted by atomic mass is 19.2. The van der Waals surface area contributed by atoms with Gasteiger partial charge in [0.2, 0.25) is 17.3 Å². The lowest BCUT2D eigenvalue weighted by Gasteiger charge is -1.97. The van der Waals surface area contributed by atoms with Gasteiger partial charge in [-0.2, -0.15) is 4.98 Å². The normalized spacial score (nSPS) is 10.9. The summed E-state index contributed by atoms with van der Waals surface area (Å²) in [4.78, 5) is 3.82. The van der Waals surface area contributed by atoms with Gasteiger partial charge in [-0.05, 0) is 22.4 Å². The molecule has 7 nitrogen and oxygen atoms in total. The first-order valence-electron chi connectivity index (χ1n) is 5.13. The smallest absolute Gasteiger partial charge is 0.284 e. The van der Waals surface area contributed by atoms with E-state index in [2.05, 4.69) is 25.1 Å². The van der Waals surface area contributed by atoms with Crippen LogP contribution < -0.4 is 5.73 Å². The van der Waals surface area contributed by atoms with Crippen LogP contribution in [-0.2, 0) is 0 Å². The Morgan fingerprint density at radius 3 is 2.30 bits per heavy atom. The van der Waals surface area contributed by atoms with Crippen LogP contribution in [0.2, 0.25) is 0 Å². The first kappa shape index (κ1) is 12.1. The zero-order valence-corrected chi connectivity index (χ0v) is 9.47. The lowest BCUT2D eigenvalue weighted by molar-refractivity contribution is 0.308. The summed E-state index contributed by atoms with van der Waals surface area (Å²) in [6.45, 7) is 0. The Morgan fingerprint density at radius 1 is 1.00 bits per heavy atom. The van der Waals surface area contributed by atoms with Gasteiger partial charge >= 0.3 is 0 Å². The first-order chi connectivity index (χ1) is 9.56. The van der Waals surface area contributed by atoms with Crippen molar-refractivity contribution < 1.29 is 22.3 Å². The molecule has 20 heavy (non-hydrogen) atoms. The number of halogens is 3. The van der Waals surface area contributed by atoms with Gasteiger partial charge in [-0.25, -0.2) is 17.8 Å². The monoisotopic (exact) mass is 283 g/mol. The summed E-state index contributed by atoms with van der Waals surface area (Å²) in [5, 5.41) is 10.2. The fourth-order valence-electron chi connectivity index (χ4n) is 1.47. The van der Waals surface area contributed by atoms with E-state index >= 15 is 0 Å². The third-order valence-corrected chi connectivity index (χ3v) is 2.38. The molecule has 0 saturated heterocycles. The molecule has 0 radical (unpaired) electrons. The third kappa shape index (κ3) is 1.86. The summed E-state index contributed by atoms with van der Waals surface area (Å²) in [6.07, 6.45) is 0. The van der Waals surface area contributed by atoms with E-state index < -0.39 is 17.5 Å². The quantitative estimate of drug-likeness (QED) is 0.715. The Morgan fingerprint density at radius 2 is 1.70 bits per heavy atom. The molecule has 2 heterocycles. The fourth-order valence-corrected chi connectivity index (χ4v) is 1.47. The molecule has 0 aliphatic carbocycles. The number of nitrogen functional groups attached to an aromatic ring is 1. The molecular weight excluding hydrogens is 279 g/mol. The summed E-state index contributed by atoms with van der Waals surface area (Å²) in [7, 11) is 0. The van der Waals surface area contributed by atoms with Crippen molar-refractivity contribution in [2.24, 2.45) is 0 Å². The van der Waals surface area contributed by atoms with Crippen molar-refractivity contribution in [3.63, 3.8) is 0 Å². The van der Waals surface area contributed by atoms with Crippen LogP contribution in [0.3, 0.4) is 0 Å². The van der Waals surface area contributed by atoms with E-state index in [0.717, 1.165) is 12.1 Å². The van der Waals surface area contributed by atoms with Crippen LogP contribution in [0.5, 0.6) is 0 Å². The van der Waals surface area contributed by atoms with Gasteiger partial charge < -0.3 is 10.3 Å². The van der Waals surface area contributed by atoms with Gasteiger partial charge in [0, 0.05) is 5.56 Å². The maximum atomic E-state index is 13.1. The van der Waals surface area contributed by atoms with Crippen molar-refractivity contribution in [1.82, 2.24) is 20.5 Å². The lowest BCUT2D eigenvalue weighted by Crippen LogP contribution is -1.93. The summed E-state index contributed by atoms with van der Waals surface area (Å²) in [6, 6.07) is 1.47. The molecule has 0 bridgehead atoms. The predicted molar refractivity (Wildman–Crippen MR) is 57.3 cm³/mol. The van der Waals surface area contributed by atoms with Gasteiger partial charge in [0.15, 0.2) is 17.5 Å². The zero-order chi connectivity index (χ0) is 14.3. The number of benzene rings is 1. The molecule has 3 aromatic rings. The minimum absolute atomic E-state index is 0.00759. The second-order valence-corrected chi connectivity index (χ2v) is 3.68. The molecule has 10 heteroatoms. The number of aromatic nitrogens is 4. The van der Waals surface area contributed by atoms with E-state index in [1.165, 1.54) is 0 Å². The number of anilines is 1. The van der Waals surface area contributed by atoms with E-state index in [0.29, 0.717) is 0 Å². The van der Waals surface area contributed by atoms with Gasteiger partial charge in [0.25, 0.3) is 5.89 Å². The van der Waals surface area contributed by atoms with E-state index in [4.69, 9.17) is 10.3 Å². The van der Waals surface area contributed by atoms with Gasteiger partial charge in [-0.15, -0.1) is 0 Å². The number of hydrogen-bond acceptors (Lipinski definition) is 7. The lowest BCUT2D eigenvalue weighted by atomic mass is 10.2. The molecular formula is C10H4F3N5O2. The van der Waals surface area contributed by atoms with Crippen LogP contribution in [0.25, 0.3) is 23.0 Å². The molecule has 0 saturated carbocycles. The highest BCUT2D eigenvalue weighted by Crippen LogP contribution is 2.25. The standard InChI is InChI=1S/C10H4F3N5O2/c11-4-1-3(2-5(12)6(4)13)9-15-10(19-18-9)7-8(14)17-20-16-7/h1-2H,(H2,14,17). The maximum Gasteiger partial charge on any atom is 0.284 e. The van der Waals surface area contributed by atoms with E-state index in [1.54, 1.807) is 0 Å². The number of nitrogens with zero attached hydrogens (tertiary/aromatic N) is 4. The average molecular weight is 283 g/mol. The second kappa shape index (κ2) is 4.33. The molecule has 102 valence electrons. The van der Waals surface area contributed by atoms with Crippen molar-refractivity contribution in [3.05, 3.63) is 29.6 Å². The first-order valence-corrected chi connectivity index (χ1v) is 5.13. The molecule has 2 aromatic heterocycles. The van der Waals surface area contributed by atoms with Crippen molar-refractivity contribution in [2.75, 3.05) is 5.73 Å². The average Bonchev–Trinajstić information content (AvgIpc) is 3.03. The van der Waals surface area contributed by atoms with E-state index in [1.807, 2.05) is 0 Å². The number of rotatable bonds is 2. The summed E-state index contributed by atoms with van der Waals surface area (Å²) in [5.74, 6) is -4.72. The van der Waals surface area contributed by atoms with E-state index in [-0.39, 0.29) is 28.8 Å². The molecule has 0 spiro atoms. The van der Waals surface area contributed by atoms with E-state index in [9.17, 15) is 13.2 Å². The molecule has 0 atom stereocenters. The zero-order valence-electron chi connectivity index (χ0n) is 9.47. The summed E-state index contributed by atoms with van der Waals surface area (Å²) >= 11 is 0. The van der Waals surface area contributed by atoms with Crippen LogP contribution >= 0.6 is 0 Å². The summed E-state index contributed by atoms with van der Waals surface area (Å²) < 4.78 is 48.2. The van der Waals surface area contributed by atoms with Crippen molar-refractivity contribution >= 4 is 5.82 Å². The Kier molecular flexibility index (Phi) is 2.63. The maximum absolute atomic E-state index is 13.1. The SMILES string of the molecule is Nc1nonc1-c1nc(-c2cc(F)c(F)c(F)c2)no1. The second-order valence-electron chi connectivity index (χ2n) is 3.68. The van der Waals surface area contributed by atoms with Crippen LogP contribution in [0, 0.1) is 17.5 Å². The van der Waals surface area contributed by atoms with Gasteiger partial charge in [0.05, 0.1) is 0 Å². The summed E-state index contributed by atoms with van der Waals surface area (Å²) in [5.41, 5.74) is 5.31. The molecule has 0 aliphatic heterocycles. The van der Waals surface area contributed by atoms with Crippen molar-refractivity contribution in [1.29, 1.82) is 0 Å². The predicted octanol–water partition coefficient (Wildman–Crippen LogP) is 1.79. The fraction of sp³-hybridized carbons (Fsp3) is 0. The van der Waals surface area contributed by atoms with Crippen LogP contribution in [0.1, 0.15) is 0 Å². The van der Waals surface area contributed by atoms with Crippen LogP contribution in [0.4, 0.5) is 19.0 Å². The minimum atomic E-state index is -1.58. The van der Waals surface area contributed by atoms with Crippen LogP contribution in [0.15, 0.2) is 21.3 Å².